The first-order chi connectivity index (χ1) is 10.1. The number of nitrogens with one attached hydrogen (secondary N) is 2. The number of fused-ring (bicyclic) bond motifs is 1. The van der Waals surface area contributed by atoms with E-state index in [1.54, 1.807) is 30.6 Å². The third-order valence-electron chi connectivity index (χ3n) is 3.11. The van der Waals surface area contributed by atoms with Gasteiger partial charge in [-0.05, 0) is 18.6 Å². The van der Waals surface area contributed by atoms with E-state index in [9.17, 15) is 9.59 Å². The Hall–Kier alpha value is -2.63. The molecule has 1 heterocycles. The highest BCUT2D eigenvalue weighted by molar-refractivity contribution is 6.01. The van der Waals surface area contributed by atoms with Crippen molar-refractivity contribution in [1.29, 1.82) is 0 Å². The van der Waals surface area contributed by atoms with E-state index >= 15 is 0 Å². The van der Waals surface area contributed by atoms with Crippen molar-refractivity contribution >= 4 is 28.5 Å². The van der Waals surface area contributed by atoms with Crippen LogP contribution in [0.2, 0.25) is 0 Å². The fourth-order valence-corrected chi connectivity index (χ4v) is 2.09. The monoisotopic (exact) mass is 287 g/mol. The summed E-state index contributed by atoms with van der Waals surface area (Å²) in [7, 11) is 0. The number of amides is 2. The van der Waals surface area contributed by atoms with Crippen LogP contribution in [0.5, 0.6) is 0 Å². The molecule has 0 aliphatic rings. The minimum absolute atomic E-state index is 0.391. The number of carbonyl (C=O) groups excluding carboxylic acids is 1. The average molecular weight is 287 g/mol. The van der Waals surface area contributed by atoms with Crippen molar-refractivity contribution in [2.75, 3.05) is 5.32 Å². The maximum absolute atomic E-state index is 11.9. The Kier molecular flexibility index (Phi) is 4.71. The Morgan fingerprint density at radius 1 is 1.33 bits per heavy atom. The lowest BCUT2D eigenvalue weighted by atomic mass is 10.1. The molecule has 0 saturated heterocycles. The molecule has 110 valence electrons. The summed E-state index contributed by atoms with van der Waals surface area (Å²) in [6.07, 6.45) is 4.41. The quantitative estimate of drug-likeness (QED) is 0.788. The number of aromatic nitrogens is 1. The van der Waals surface area contributed by atoms with E-state index in [-0.39, 0.29) is 0 Å². The highest BCUT2D eigenvalue weighted by atomic mass is 16.4. The molecule has 1 atom stereocenters. The molecule has 0 aliphatic carbocycles. The molecule has 0 aliphatic heterocycles. The molecule has 0 spiro atoms. The average Bonchev–Trinajstić information content (AvgIpc) is 2.47. The molecular formula is C15H17N3O3. The minimum atomic E-state index is -1.03. The molecule has 0 unspecified atom stereocenters. The smallest absolute Gasteiger partial charge is 0.326 e. The highest BCUT2D eigenvalue weighted by Gasteiger charge is 2.18. The van der Waals surface area contributed by atoms with Crippen LogP contribution < -0.4 is 10.6 Å². The standard InChI is InChI=1S/C15H17N3O3/c1-2-4-13(14(19)20)18-15(21)17-12-6-3-5-10-9-16-8-7-11(10)12/h3,5-9,13H,2,4H2,1H3,(H,19,20)(H2,17,18,21)/t13-/m0/s1. The van der Waals surface area contributed by atoms with E-state index in [0.29, 0.717) is 18.5 Å². The summed E-state index contributed by atoms with van der Waals surface area (Å²) in [6.45, 7) is 1.87. The Morgan fingerprint density at radius 3 is 2.86 bits per heavy atom. The van der Waals surface area contributed by atoms with Gasteiger partial charge in [0, 0.05) is 23.2 Å². The molecule has 0 saturated carbocycles. The van der Waals surface area contributed by atoms with Crippen LogP contribution in [0.15, 0.2) is 36.7 Å². The molecule has 0 fully saturated rings. The first kappa shape index (κ1) is 14.8. The molecule has 6 nitrogen and oxygen atoms in total. The fraction of sp³-hybridized carbons (Fsp3) is 0.267. The second-order valence-corrected chi connectivity index (χ2v) is 4.68. The van der Waals surface area contributed by atoms with Crippen molar-refractivity contribution in [3.8, 4) is 0 Å². The third kappa shape index (κ3) is 3.68. The molecule has 1 aromatic carbocycles. The summed E-state index contributed by atoms with van der Waals surface area (Å²) in [5, 5.41) is 15.9. The van der Waals surface area contributed by atoms with Crippen LogP contribution >= 0.6 is 0 Å². The first-order valence-corrected chi connectivity index (χ1v) is 6.75. The van der Waals surface area contributed by atoms with Crippen LogP contribution in [0.1, 0.15) is 19.8 Å². The van der Waals surface area contributed by atoms with Gasteiger partial charge in [-0.3, -0.25) is 4.98 Å². The van der Waals surface area contributed by atoms with E-state index in [4.69, 9.17) is 5.11 Å². The van der Waals surface area contributed by atoms with Gasteiger partial charge in [-0.1, -0.05) is 25.5 Å². The zero-order valence-corrected chi connectivity index (χ0v) is 11.7. The van der Waals surface area contributed by atoms with E-state index in [2.05, 4.69) is 15.6 Å². The lowest BCUT2D eigenvalue weighted by Crippen LogP contribution is -2.42. The number of benzene rings is 1. The molecule has 2 rings (SSSR count). The number of hydrogen-bond acceptors (Lipinski definition) is 3. The molecular weight excluding hydrogens is 270 g/mol. The van der Waals surface area contributed by atoms with E-state index in [1.807, 2.05) is 13.0 Å². The minimum Gasteiger partial charge on any atom is -0.480 e. The summed E-state index contributed by atoms with van der Waals surface area (Å²) in [4.78, 5) is 27.0. The largest absolute Gasteiger partial charge is 0.480 e. The number of hydrogen-bond donors (Lipinski definition) is 3. The van der Waals surface area contributed by atoms with Gasteiger partial charge in [-0.2, -0.15) is 0 Å². The first-order valence-electron chi connectivity index (χ1n) is 6.75. The lowest BCUT2D eigenvalue weighted by Gasteiger charge is -2.15. The Balaban J connectivity index is 2.13. The maximum Gasteiger partial charge on any atom is 0.326 e. The van der Waals surface area contributed by atoms with Crippen LogP contribution in [-0.4, -0.2) is 28.1 Å². The van der Waals surface area contributed by atoms with Crippen molar-refractivity contribution in [3.05, 3.63) is 36.7 Å². The van der Waals surface area contributed by atoms with Crippen molar-refractivity contribution in [3.63, 3.8) is 0 Å². The van der Waals surface area contributed by atoms with Crippen LogP contribution in [0.4, 0.5) is 10.5 Å². The predicted molar refractivity (Wildman–Crippen MR) is 80.2 cm³/mol. The van der Waals surface area contributed by atoms with Crippen molar-refractivity contribution < 1.29 is 14.7 Å². The summed E-state index contributed by atoms with van der Waals surface area (Å²) in [5.74, 6) is -1.03. The van der Waals surface area contributed by atoms with Crippen molar-refractivity contribution in [1.82, 2.24) is 10.3 Å². The summed E-state index contributed by atoms with van der Waals surface area (Å²) in [5.41, 5.74) is 0.619. The molecule has 0 radical (unpaired) electrons. The van der Waals surface area contributed by atoms with Crippen molar-refractivity contribution in [2.24, 2.45) is 0 Å². The summed E-state index contributed by atoms with van der Waals surface area (Å²) >= 11 is 0. The molecule has 1 aromatic heterocycles. The van der Waals surface area contributed by atoms with Gasteiger partial charge in [0.05, 0.1) is 5.69 Å². The number of anilines is 1. The zero-order chi connectivity index (χ0) is 15.2. The van der Waals surface area contributed by atoms with Gasteiger partial charge in [0.1, 0.15) is 6.04 Å². The third-order valence-corrected chi connectivity index (χ3v) is 3.11. The Morgan fingerprint density at radius 2 is 2.14 bits per heavy atom. The van der Waals surface area contributed by atoms with Gasteiger partial charge >= 0.3 is 12.0 Å². The number of pyridine rings is 1. The maximum atomic E-state index is 11.9. The van der Waals surface area contributed by atoms with Crippen LogP contribution in [0.3, 0.4) is 0 Å². The number of carboxylic acid groups (broad SMARTS) is 1. The predicted octanol–water partition coefficient (Wildman–Crippen LogP) is 2.61. The Labute approximate surface area is 122 Å². The molecule has 2 amide bonds. The second kappa shape index (κ2) is 6.69. The Bertz CT molecular complexity index is 652. The molecule has 3 N–H and O–H groups in total. The van der Waals surface area contributed by atoms with Gasteiger partial charge in [-0.25, -0.2) is 9.59 Å². The van der Waals surface area contributed by atoms with Gasteiger partial charge < -0.3 is 15.7 Å². The second-order valence-electron chi connectivity index (χ2n) is 4.68. The molecule has 2 aromatic rings. The lowest BCUT2D eigenvalue weighted by molar-refractivity contribution is -0.139. The van der Waals surface area contributed by atoms with E-state index in [0.717, 1.165) is 10.8 Å². The van der Waals surface area contributed by atoms with E-state index < -0.39 is 18.0 Å². The van der Waals surface area contributed by atoms with Gasteiger partial charge in [0.15, 0.2) is 0 Å². The normalized spacial score (nSPS) is 11.9. The zero-order valence-electron chi connectivity index (χ0n) is 11.7. The number of urea groups is 1. The fourth-order valence-electron chi connectivity index (χ4n) is 2.09. The van der Waals surface area contributed by atoms with Crippen molar-refractivity contribution in [2.45, 2.75) is 25.8 Å². The van der Waals surface area contributed by atoms with Crippen LogP contribution in [0.25, 0.3) is 10.8 Å². The number of nitrogens with zero attached hydrogens (tertiary/aromatic N) is 1. The summed E-state index contributed by atoms with van der Waals surface area (Å²) in [6, 6.07) is 5.85. The number of carboxylic acids is 1. The topological polar surface area (TPSA) is 91.3 Å². The number of carbonyl (C=O) groups is 2. The summed E-state index contributed by atoms with van der Waals surface area (Å²) < 4.78 is 0. The molecule has 6 heteroatoms. The van der Waals surface area contributed by atoms with Gasteiger partial charge in [-0.15, -0.1) is 0 Å². The van der Waals surface area contributed by atoms with Gasteiger partial charge in [0.2, 0.25) is 0 Å². The number of aliphatic carboxylic acids is 1. The van der Waals surface area contributed by atoms with E-state index in [1.165, 1.54) is 0 Å². The SMILES string of the molecule is CCC[C@H](NC(=O)Nc1cccc2cnccc12)C(=O)O. The molecule has 21 heavy (non-hydrogen) atoms. The van der Waals surface area contributed by atoms with Gasteiger partial charge in [0.25, 0.3) is 0 Å². The number of rotatable bonds is 5. The van der Waals surface area contributed by atoms with Crippen LogP contribution in [0, 0.1) is 0 Å². The molecule has 0 bridgehead atoms. The van der Waals surface area contributed by atoms with Crippen LogP contribution in [-0.2, 0) is 4.79 Å². The highest BCUT2D eigenvalue weighted by Crippen LogP contribution is 2.21.